The van der Waals surface area contributed by atoms with Gasteiger partial charge < -0.3 is 0 Å². The lowest BCUT2D eigenvalue weighted by atomic mass is 9.85. The highest BCUT2D eigenvalue weighted by Gasteiger charge is 2.27. The molecule has 1 aromatic heterocycles. The molecule has 2 rings (SSSR count). The monoisotopic (exact) mass is 271 g/mol. The molecule has 5 nitrogen and oxygen atoms in total. The van der Waals surface area contributed by atoms with Crippen LogP contribution in [0.15, 0.2) is 11.1 Å². The molecule has 1 saturated carbocycles. The van der Waals surface area contributed by atoms with Gasteiger partial charge in [-0.2, -0.15) is 5.10 Å². The van der Waals surface area contributed by atoms with Crippen LogP contribution in [0.2, 0.25) is 0 Å². The van der Waals surface area contributed by atoms with Gasteiger partial charge in [0.2, 0.25) is 10.0 Å². The van der Waals surface area contributed by atoms with E-state index in [0.29, 0.717) is 11.6 Å². The summed E-state index contributed by atoms with van der Waals surface area (Å²) in [6.07, 6.45) is 6.72. The maximum absolute atomic E-state index is 12.2. The molecule has 0 bridgehead atoms. The maximum Gasteiger partial charge on any atom is 0.244 e. The van der Waals surface area contributed by atoms with Crippen molar-refractivity contribution in [3.63, 3.8) is 0 Å². The summed E-state index contributed by atoms with van der Waals surface area (Å²) in [6, 6.07) is 0.0722. The highest BCUT2D eigenvalue weighted by Crippen LogP contribution is 2.27. The molecule has 0 saturated heterocycles. The Bertz CT molecular complexity index is 495. The fourth-order valence-corrected chi connectivity index (χ4v) is 4.08. The van der Waals surface area contributed by atoms with Gasteiger partial charge in [-0.1, -0.05) is 26.2 Å². The summed E-state index contributed by atoms with van der Waals surface area (Å²) in [6.45, 7) is 3.89. The molecule has 2 unspecified atom stereocenters. The minimum absolute atomic E-state index is 0.0722. The summed E-state index contributed by atoms with van der Waals surface area (Å²) in [5, 5.41) is 6.43. The van der Waals surface area contributed by atoms with Gasteiger partial charge in [-0.05, 0) is 25.7 Å². The predicted molar refractivity (Wildman–Crippen MR) is 69.7 cm³/mol. The Kier molecular flexibility index (Phi) is 4.07. The van der Waals surface area contributed by atoms with Gasteiger partial charge in [0.25, 0.3) is 0 Å². The first-order valence-corrected chi connectivity index (χ1v) is 8.03. The van der Waals surface area contributed by atoms with Gasteiger partial charge in [0.1, 0.15) is 4.90 Å². The number of sulfonamides is 1. The summed E-state index contributed by atoms with van der Waals surface area (Å²) in [5.41, 5.74) is 0.588. The summed E-state index contributed by atoms with van der Waals surface area (Å²) in [4.78, 5) is 0.265. The lowest BCUT2D eigenvalue weighted by molar-refractivity contribution is 0.301. The molecule has 1 aromatic rings. The highest BCUT2D eigenvalue weighted by atomic mass is 32.2. The van der Waals surface area contributed by atoms with Crippen LogP contribution in [0.5, 0.6) is 0 Å². The van der Waals surface area contributed by atoms with Gasteiger partial charge in [-0.25, -0.2) is 13.1 Å². The molecule has 0 amide bonds. The fourth-order valence-electron chi connectivity index (χ4n) is 2.66. The summed E-state index contributed by atoms with van der Waals surface area (Å²) in [7, 11) is -3.42. The lowest BCUT2D eigenvalue weighted by Gasteiger charge is -2.28. The average molecular weight is 271 g/mol. The lowest BCUT2D eigenvalue weighted by Crippen LogP contribution is -2.38. The Morgan fingerprint density at radius 1 is 1.50 bits per heavy atom. The standard InChI is InChI=1S/C12H21N3O2S/c1-3-10-5-4-6-11(7-10)15-18(16,17)12-8-13-14-9(12)2/h8,10-11,15H,3-7H2,1-2H3,(H,13,14). The second-order valence-electron chi connectivity index (χ2n) is 5.12. The van der Waals surface area contributed by atoms with Crippen LogP contribution in [-0.2, 0) is 10.0 Å². The smallest absolute Gasteiger partial charge is 0.244 e. The van der Waals surface area contributed by atoms with E-state index in [4.69, 9.17) is 0 Å². The SMILES string of the molecule is CCC1CCCC(NS(=O)(=O)c2cn[nH]c2C)C1. The third kappa shape index (κ3) is 2.92. The number of nitrogens with one attached hydrogen (secondary N) is 2. The molecule has 2 N–H and O–H groups in total. The molecule has 1 heterocycles. The van der Waals surface area contributed by atoms with Gasteiger partial charge in [0.15, 0.2) is 0 Å². The number of aryl methyl sites for hydroxylation is 1. The van der Waals surface area contributed by atoms with Crippen LogP contribution in [0, 0.1) is 12.8 Å². The van der Waals surface area contributed by atoms with Gasteiger partial charge >= 0.3 is 0 Å². The zero-order valence-electron chi connectivity index (χ0n) is 10.9. The van der Waals surface area contributed by atoms with E-state index < -0.39 is 10.0 Å². The van der Waals surface area contributed by atoms with E-state index in [0.717, 1.165) is 25.7 Å². The fraction of sp³-hybridized carbons (Fsp3) is 0.750. The number of hydrogen-bond acceptors (Lipinski definition) is 3. The molecule has 1 aliphatic rings. The van der Waals surface area contributed by atoms with Crippen molar-refractivity contribution in [2.24, 2.45) is 5.92 Å². The zero-order chi connectivity index (χ0) is 13.2. The van der Waals surface area contributed by atoms with E-state index in [9.17, 15) is 8.42 Å². The molecule has 0 radical (unpaired) electrons. The van der Waals surface area contributed by atoms with Crippen molar-refractivity contribution in [3.8, 4) is 0 Å². The summed E-state index contributed by atoms with van der Waals surface area (Å²) < 4.78 is 27.2. The number of H-pyrrole nitrogens is 1. The van der Waals surface area contributed by atoms with Gasteiger partial charge in [-0.15, -0.1) is 0 Å². The molecule has 102 valence electrons. The number of hydrogen-bond donors (Lipinski definition) is 2. The molecule has 1 fully saturated rings. The Morgan fingerprint density at radius 3 is 2.89 bits per heavy atom. The number of aromatic nitrogens is 2. The third-order valence-corrected chi connectivity index (χ3v) is 5.39. The van der Waals surface area contributed by atoms with Crippen molar-refractivity contribution in [2.45, 2.75) is 56.9 Å². The van der Waals surface area contributed by atoms with E-state index in [2.05, 4.69) is 21.8 Å². The quantitative estimate of drug-likeness (QED) is 0.879. The highest BCUT2D eigenvalue weighted by molar-refractivity contribution is 7.89. The molecule has 0 spiro atoms. The largest absolute Gasteiger partial charge is 0.281 e. The number of aromatic amines is 1. The van der Waals surface area contributed by atoms with Gasteiger partial charge in [-0.3, -0.25) is 5.10 Å². The molecule has 2 atom stereocenters. The predicted octanol–water partition coefficient (Wildman–Crippen LogP) is 1.97. The number of rotatable bonds is 4. The van der Waals surface area contributed by atoms with E-state index in [-0.39, 0.29) is 10.9 Å². The second kappa shape index (κ2) is 5.40. The normalized spacial score (nSPS) is 25.2. The van der Waals surface area contributed by atoms with Crippen molar-refractivity contribution in [3.05, 3.63) is 11.9 Å². The Balaban J connectivity index is 2.07. The molecule has 18 heavy (non-hydrogen) atoms. The summed E-state index contributed by atoms with van der Waals surface area (Å²) >= 11 is 0. The van der Waals surface area contributed by atoms with Crippen LogP contribution < -0.4 is 4.72 Å². The van der Waals surface area contributed by atoms with E-state index >= 15 is 0 Å². The van der Waals surface area contributed by atoms with Crippen molar-refractivity contribution < 1.29 is 8.42 Å². The van der Waals surface area contributed by atoms with Gasteiger partial charge in [0.05, 0.1) is 11.9 Å². The Labute approximate surface area is 108 Å². The minimum Gasteiger partial charge on any atom is -0.281 e. The zero-order valence-corrected chi connectivity index (χ0v) is 11.8. The Morgan fingerprint density at radius 2 is 2.28 bits per heavy atom. The average Bonchev–Trinajstić information content (AvgIpc) is 2.76. The minimum atomic E-state index is -3.42. The maximum atomic E-state index is 12.2. The Hall–Kier alpha value is -0.880. The van der Waals surface area contributed by atoms with Crippen molar-refractivity contribution in [1.82, 2.24) is 14.9 Å². The third-order valence-electron chi connectivity index (χ3n) is 3.76. The van der Waals surface area contributed by atoms with E-state index in [1.165, 1.54) is 12.6 Å². The van der Waals surface area contributed by atoms with Crippen molar-refractivity contribution >= 4 is 10.0 Å². The van der Waals surface area contributed by atoms with Crippen LogP contribution in [0.4, 0.5) is 0 Å². The summed E-state index contributed by atoms with van der Waals surface area (Å²) in [5.74, 6) is 0.650. The van der Waals surface area contributed by atoms with Crippen LogP contribution in [0.25, 0.3) is 0 Å². The molecule has 0 aliphatic heterocycles. The molecule has 0 aromatic carbocycles. The van der Waals surface area contributed by atoms with Crippen molar-refractivity contribution in [1.29, 1.82) is 0 Å². The van der Waals surface area contributed by atoms with Crippen LogP contribution in [-0.4, -0.2) is 24.7 Å². The first-order chi connectivity index (χ1) is 8.53. The van der Waals surface area contributed by atoms with Crippen molar-refractivity contribution in [2.75, 3.05) is 0 Å². The second-order valence-corrected chi connectivity index (χ2v) is 6.80. The first-order valence-electron chi connectivity index (χ1n) is 6.55. The van der Waals surface area contributed by atoms with E-state index in [1.807, 2.05) is 0 Å². The molecule has 1 aliphatic carbocycles. The van der Waals surface area contributed by atoms with Crippen LogP contribution >= 0.6 is 0 Å². The van der Waals surface area contributed by atoms with Crippen LogP contribution in [0.3, 0.4) is 0 Å². The molecule has 6 heteroatoms. The first kappa shape index (κ1) is 13.5. The molecular weight excluding hydrogens is 250 g/mol. The van der Waals surface area contributed by atoms with E-state index in [1.54, 1.807) is 6.92 Å². The topological polar surface area (TPSA) is 74.8 Å². The number of nitrogens with zero attached hydrogens (tertiary/aromatic N) is 1. The van der Waals surface area contributed by atoms with Crippen LogP contribution in [0.1, 0.15) is 44.7 Å². The van der Waals surface area contributed by atoms with Gasteiger partial charge in [0, 0.05) is 6.04 Å². The molecular formula is C12H21N3O2S.